The number of anilines is 1. The average Bonchev–Trinajstić information content (AvgIpc) is 2.47. The van der Waals surface area contributed by atoms with Gasteiger partial charge in [-0.05, 0) is 38.1 Å². The van der Waals surface area contributed by atoms with Gasteiger partial charge in [-0.1, -0.05) is 35.2 Å². The molecule has 22 heavy (non-hydrogen) atoms. The van der Waals surface area contributed by atoms with E-state index in [2.05, 4.69) is 78.0 Å². The first kappa shape index (κ1) is 16.3. The molecule has 1 aliphatic heterocycles. The van der Waals surface area contributed by atoms with Crippen molar-refractivity contribution in [2.24, 2.45) is 0 Å². The minimum absolute atomic E-state index is 0. The molecule has 2 aromatic rings. The number of nitrogens with zero attached hydrogens (tertiary/aromatic N) is 2. The first-order valence-electron chi connectivity index (χ1n) is 7.15. The molecule has 1 aliphatic rings. The predicted octanol–water partition coefficient (Wildman–Crippen LogP) is 0.633. The van der Waals surface area contributed by atoms with Crippen LogP contribution in [0.4, 0.5) is 11.4 Å². The van der Waals surface area contributed by atoms with Gasteiger partial charge in [0.15, 0.2) is 6.54 Å². The molecule has 0 radical (unpaired) electrons. The van der Waals surface area contributed by atoms with Crippen molar-refractivity contribution in [3.63, 3.8) is 0 Å². The highest BCUT2D eigenvalue weighted by Gasteiger charge is 2.24. The van der Waals surface area contributed by atoms with Crippen molar-refractivity contribution in [1.82, 2.24) is 0 Å². The Labute approximate surface area is 142 Å². The van der Waals surface area contributed by atoms with Gasteiger partial charge in [0.05, 0.1) is 0 Å². The van der Waals surface area contributed by atoms with E-state index in [1.54, 1.807) is 0 Å². The van der Waals surface area contributed by atoms with Gasteiger partial charge in [-0.15, -0.1) is 6.42 Å². The summed E-state index contributed by atoms with van der Waals surface area (Å²) in [5.74, 6) is 2.74. The van der Waals surface area contributed by atoms with Crippen LogP contribution in [0.2, 0.25) is 0 Å². The van der Waals surface area contributed by atoms with Crippen LogP contribution in [0.15, 0.2) is 42.5 Å². The third kappa shape index (κ3) is 3.23. The van der Waals surface area contributed by atoms with E-state index in [0.717, 1.165) is 6.54 Å². The summed E-state index contributed by atoms with van der Waals surface area (Å²) in [4.78, 5) is 2.25. The van der Waals surface area contributed by atoms with E-state index >= 15 is 0 Å². The van der Waals surface area contributed by atoms with Gasteiger partial charge in [0, 0.05) is 5.56 Å². The maximum absolute atomic E-state index is 5.52. The van der Waals surface area contributed by atoms with Gasteiger partial charge in [0.25, 0.3) is 0 Å². The standard InChI is InChI=1S/C19H19N2.BrH/c1-4-11-20-14-21(18-8-5-15(2)6-9-18)13-17-12-16(3)7-10-19(17)20;/h1,5-10,12,14H,11,13H2,2-3H3;1H/q+1;/p-1. The van der Waals surface area contributed by atoms with E-state index in [4.69, 9.17) is 6.42 Å². The van der Waals surface area contributed by atoms with Crippen LogP contribution in [-0.4, -0.2) is 17.5 Å². The molecular formula is C19H19BrN2. The Morgan fingerprint density at radius 2 is 1.77 bits per heavy atom. The predicted molar refractivity (Wildman–Crippen MR) is 88.2 cm³/mol. The van der Waals surface area contributed by atoms with Crippen LogP contribution >= 0.6 is 0 Å². The Morgan fingerprint density at radius 3 is 2.45 bits per heavy atom. The molecule has 0 fully saturated rings. The zero-order valence-corrected chi connectivity index (χ0v) is 14.5. The maximum Gasteiger partial charge on any atom is 0.245 e. The lowest BCUT2D eigenvalue weighted by Crippen LogP contribution is -3.00. The Bertz CT molecular complexity index is 739. The zero-order valence-electron chi connectivity index (χ0n) is 12.9. The van der Waals surface area contributed by atoms with E-state index in [1.807, 2.05) is 0 Å². The van der Waals surface area contributed by atoms with Crippen molar-refractivity contribution in [3.8, 4) is 12.3 Å². The average molecular weight is 355 g/mol. The number of benzene rings is 2. The molecule has 1 heterocycles. The van der Waals surface area contributed by atoms with Crippen molar-refractivity contribution < 1.29 is 21.6 Å². The van der Waals surface area contributed by atoms with Gasteiger partial charge in [-0.2, -0.15) is 0 Å². The number of hydrogen-bond acceptors (Lipinski definition) is 1. The topological polar surface area (TPSA) is 6.25 Å². The molecule has 0 aliphatic carbocycles. The van der Waals surface area contributed by atoms with Crippen molar-refractivity contribution in [2.75, 3.05) is 11.4 Å². The van der Waals surface area contributed by atoms with Gasteiger partial charge in [-0.25, -0.2) is 9.48 Å². The molecule has 112 valence electrons. The van der Waals surface area contributed by atoms with Gasteiger partial charge >= 0.3 is 0 Å². The van der Waals surface area contributed by atoms with Gasteiger partial charge < -0.3 is 17.0 Å². The quantitative estimate of drug-likeness (QED) is 0.566. The fourth-order valence-corrected chi connectivity index (χ4v) is 2.69. The summed E-state index contributed by atoms with van der Waals surface area (Å²) in [6.07, 6.45) is 7.63. The smallest absolute Gasteiger partial charge is 0.245 e. The maximum atomic E-state index is 5.52. The summed E-state index contributed by atoms with van der Waals surface area (Å²) < 4.78 is 2.14. The number of aryl methyl sites for hydroxylation is 2. The zero-order chi connectivity index (χ0) is 14.8. The van der Waals surface area contributed by atoms with Crippen LogP contribution in [0.1, 0.15) is 16.7 Å². The molecule has 0 atom stereocenters. The first-order valence-corrected chi connectivity index (χ1v) is 7.15. The molecule has 3 rings (SSSR count). The van der Waals surface area contributed by atoms with Crippen molar-refractivity contribution in [1.29, 1.82) is 0 Å². The van der Waals surface area contributed by atoms with Crippen LogP contribution < -0.4 is 21.9 Å². The van der Waals surface area contributed by atoms with E-state index in [-0.39, 0.29) is 17.0 Å². The molecule has 2 aromatic carbocycles. The summed E-state index contributed by atoms with van der Waals surface area (Å²) in [5.41, 5.74) is 6.26. The highest BCUT2D eigenvalue weighted by atomic mass is 79.9. The van der Waals surface area contributed by atoms with Crippen LogP contribution in [-0.2, 0) is 6.54 Å². The second-order valence-corrected chi connectivity index (χ2v) is 5.54. The Kier molecular flexibility index (Phi) is 5.05. The van der Waals surface area contributed by atoms with E-state index in [0.29, 0.717) is 6.54 Å². The number of fused-ring (bicyclic) bond motifs is 1. The van der Waals surface area contributed by atoms with E-state index in [9.17, 15) is 0 Å². The molecule has 0 saturated heterocycles. The summed E-state index contributed by atoms with van der Waals surface area (Å²) >= 11 is 0. The van der Waals surface area contributed by atoms with Gasteiger partial charge in [0.1, 0.15) is 17.9 Å². The molecule has 0 spiro atoms. The molecule has 3 heteroatoms. The lowest BCUT2D eigenvalue weighted by molar-refractivity contribution is -0.424. The van der Waals surface area contributed by atoms with Crippen molar-refractivity contribution >= 4 is 17.7 Å². The lowest BCUT2D eigenvalue weighted by atomic mass is 10.1. The van der Waals surface area contributed by atoms with Crippen molar-refractivity contribution in [2.45, 2.75) is 20.4 Å². The van der Waals surface area contributed by atoms with Gasteiger partial charge in [0.2, 0.25) is 6.34 Å². The molecule has 0 amide bonds. The Balaban J connectivity index is 0.00000176. The fraction of sp³-hybridized carbons (Fsp3) is 0.211. The summed E-state index contributed by atoms with van der Waals surface area (Å²) in [7, 11) is 0. The molecule has 0 N–H and O–H groups in total. The van der Waals surface area contributed by atoms with E-state index < -0.39 is 0 Å². The van der Waals surface area contributed by atoms with Crippen LogP contribution in [0.25, 0.3) is 0 Å². The van der Waals surface area contributed by atoms with Crippen LogP contribution in [0, 0.1) is 26.2 Å². The molecular weight excluding hydrogens is 336 g/mol. The number of halogens is 1. The summed E-state index contributed by atoms with van der Waals surface area (Å²) in [6, 6.07) is 15.1. The summed E-state index contributed by atoms with van der Waals surface area (Å²) in [5, 5.41) is 0. The highest BCUT2D eigenvalue weighted by Crippen LogP contribution is 2.27. The SMILES string of the molecule is C#CC[N+]1=CN(c2ccc(C)cc2)Cc2cc(C)ccc21.[Br-]. The third-order valence-corrected chi connectivity index (χ3v) is 3.79. The minimum atomic E-state index is 0. The largest absolute Gasteiger partial charge is 1.00 e. The second kappa shape index (κ2) is 6.81. The molecule has 0 unspecified atom stereocenters. The third-order valence-electron chi connectivity index (χ3n) is 3.79. The number of rotatable bonds is 2. The Morgan fingerprint density at radius 1 is 1.09 bits per heavy atom. The first-order chi connectivity index (χ1) is 10.2. The van der Waals surface area contributed by atoms with Crippen LogP contribution in [0.5, 0.6) is 0 Å². The van der Waals surface area contributed by atoms with E-state index in [1.165, 1.54) is 28.1 Å². The second-order valence-electron chi connectivity index (χ2n) is 5.54. The fourth-order valence-electron chi connectivity index (χ4n) is 2.69. The molecule has 2 nitrogen and oxygen atoms in total. The summed E-state index contributed by atoms with van der Waals surface area (Å²) in [6.45, 7) is 5.69. The Hall–Kier alpha value is -2.05. The van der Waals surface area contributed by atoms with Crippen LogP contribution in [0.3, 0.4) is 0 Å². The van der Waals surface area contributed by atoms with Crippen molar-refractivity contribution in [3.05, 3.63) is 59.2 Å². The molecule has 0 bridgehead atoms. The normalized spacial score (nSPS) is 12.8. The molecule has 0 aromatic heterocycles. The van der Waals surface area contributed by atoms with Gasteiger partial charge in [-0.3, -0.25) is 0 Å². The number of hydrogen-bond donors (Lipinski definition) is 0. The lowest BCUT2D eigenvalue weighted by Gasteiger charge is -2.22. The highest BCUT2D eigenvalue weighted by molar-refractivity contribution is 5.79. The minimum Gasteiger partial charge on any atom is -1.00 e. The monoisotopic (exact) mass is 354 g/mol. The molecule has 0 saturated carbocycles. The number of terminal acetylenes is 1.